The molecular formula is C12H15ClN2O5. The van der Waals surface area contributed by atoms with Crippen molar-refractivity contribution in [3.05, 3.63) is 23.2 Å². The van der Waals surface area contributed by atoms with Crippen molar-refractivity contribution in [2.45, 2.75) is 12.5 Å². The fourth-order valence-corrected chi connectivity index (χ4v) is 1.56. The van der Waals surface area contributed by atoms with E-state index in [1.807, 2.05) is 0 Å². The normalized spacial score (nSPS) is 13.2. The van der Waals surface area contributed by atoms with E-state index in [0.717, 1.165) is 6.92 Å². The molecule has 0 aliphatic carbocycles. The topological polar surface area (TPSA) is 108 Å². The summed E-state index contributed by atoms with van der Waals surface area (Å²) in [7, 11) is 1.40. The zero-order chi connectivity index (χ0) is 15.3. The molecular weight excluding hydrogens is 288 g/mol. The van der Waals surface area contributed by atoms with Gasteiger partial charge in [0, 0.05) is 0 Å². The van der Waals surface area contributed by atoms with E-state index in [4.69, 9.17) is 21.4 Å². The Balaban J connectivity index is 2.68. The second-order valence-electron chi connectivity index (χ2n) is 4.21. The lowest BCUT2D eigenvalue weighted by Crippen LogP contribution is -2.47. The zero-order valence-electron chi connectivity index (χ0n) is 10.9. The summed E-state index contributed by atoms with van der Waals surface area (Å²) in [6, 6.07) is 4.10. The van der Waals surface area contributed by atoms with Crippen molar-refractivity contribution in [2.24, 2.45) is 0 Å². The summed E-state index contributed by atoms with van der Waals surface area (Å²) in [4.78, 5) is 22.3. The predicted molar refractivity (Wildman–Crippen MR) is 73.3 cm³/mol. The third-order valence-corrected chi connectivity index (χ3v) is 2.77. The highest BCUT2D eigenvalue weighted by Crippen LogP contribution is 2.32. The molecule has 1 aromatic rings. The number of carboxylic acids is 1. The zero-order valence-corrected chi connectivity index (χ0v) is 11.7. The number of carbonyl (C=O) groups excluding carboxylic acids is 1. The number of aliphatic hydroxyl groups is 1. The van der Waals surface area contributed by atoms with E-state index < -0.39 is 24.1 Å². The molecule has 1 unspecified atom stereocenters. The smallest absolute Gasteiger partial charge is 0.337 e. The van der Waals surface area contributed by atoms with Crippen molar-refractivity contribution >= 4 is 29.3 Å². The lowest BCUT2D eigenvalue weighted by molar-refractivity contribution is -0.155. The van der Waals surface area contributed by atoms with Crippen LogP contribution in [0.2, 0.25) is 5.02 Å². The largest absolute Gasteiger partial charge is 0.493 e. The maximum absolute atomic E-state index is 11.6. The van der Waals surface area contributed by atoms with Gasteiger partial charge in [-0.2, -0.15) is 0 Å². The average molecular weight is 303 g/mol. The summed E-state index contributed by atoms with van der Waals surface area (Å²) in [5.74, 6) is -1.15. The van der Waals surface area contributed by atoms with Crippen LogP contribution in [-0.2, 0) is 4.79 Å². The van der Waals surface area contributed by atoms with Crippen molar-refractivity contribution in [1.29, 1.82) is 0 Å². The number of ether oxygens (including phenoxy) is 1. The number of para-hydroxylation sites is 1. The number of carbonyl (C=O) groups is 2. The molecule has 0 aromatic heterocycles. The third kappa shape index (κ3) is 4.01. The van der Waals surface area contributed by atoms with E-state index in [0.29, 0.717) is 10.7 Å². The van der Waals surface area contributed by atoms with Crippen molar-refractivity contribution in [1.82, 2.24) is 5.32 Å². The highest BCUT2D eigenvalue weighted by Gasteiger charge is 2.30. The number of hydrogen-bond donors (Lipinski definition) is 4. The molecule has 0 saturated heterocycles. The van der Waals surface area contributed by atoms with Gasteiger partial charge in [0.2, 0.25) is 0 Å². The van der Waals surface area contributed by atoms with E-state index in [9.17, 15) is 14.7 Å². The average Bonchev–Trinajstić information content (AvgIpc) is 2.36. The van der Waals surface area contributed by atoms with Crippen LogP contribution < -0.4 is 15.4 Å². The Labute approximate surface area is 120 Å². The maximum Gasteiger partial charge on any atom is 0.337 e. The van der Waals surface area contributed by atoms with Gasteiger partial charge in [-0.25, -0.2) is 9.59 Å². The summed E-state index contributed by atoms with van der Waals surface area (Å²) < 4.78 is 5.04. The molecule has 20 heavy (non-hydrogen) atoms. The van der Waals surface area contributed by atoms with Gasteiger partial charge in [0.05, 0.1) is 24.4 Å². The first-order chi connectivity index (χ1) is 9.27. The number of benzene rings is 1. The van der Waals surface area contributed by atoms with Crippen LogP contribution in [0, 0.1) is 0 Å². The van der Waals surface area contributed by atoms with Crippen LogP contribution in [0.25, 0.3) is 0 Å². The fourth-order valence-electron chi connectivity index (χ4n) is 1.31. The number of urea groups is 1. The summed E-state index contributed by atoms with van der Waals surface area (Å²) in [5, 5.41) is 23.2. The van der Waals surface area contributed by atoms with Crippen molar-refractivity contribution in [3.8, 4) is 5.75 Å². The van der Waals surface area contributed by atoms with Gasteiger partial charge < -0.3 is 25.6 Å². The molecule has 7 nitrogen and oxygen atoms in total. The van der Waals surface area contributed by atoms with Gasteiger partial charge in [-0.1, -0.05) is 17.7 Å². The molecule has 1 atom stereocenters. The Morgan fingerprint density at radius 3 is 2.65 bits per heavy atom. The van der Waals surface area contributed by atoms with Crippen LogP contribution in [0.4, 0.5) is 10.5 Å². The molecule has 110 valence electrons. The quantitative estimate of drug-likeness (QED) is 0.656. The molecule has 2 amide bonds. The van der Waals surface area contributed by atoms with Gasteiger partial charge >= 0.3 is 12.0 Å². The number of amides is 2. The molecule has 0 saturated carbocycles. The molecule has 0 bridgehead atoms. The first kappa shape index (κ1) is 16.1. The molecule has 1 aromatic carbocycles. The summed E-state index contributed by atoms with van der Waals surface area (Å²) >= 11 is 5.89. The highest BCUT2D eigenvalue weighted by molar-refractivity contribution is 6.32. The van der Waals surface area contributed by atoms with Crippen molar-refractivity contribution < 1.29 is 24.5 Å². The highest BCUT2D eigenvalue weighted by atomic mass is 35.5. The van der Waals surface area contributed by atoms with E-state index >= 15 is 0 Å². The molecule has 0 spiro atoms. The van der Waals surface area contributed by atoms with E-state index in [2.05, 4.69) is 10.6 Å². The van der Waals surface area contributed by atoms with Crippen LogP contribution in [0.15, 0.2) is 18.2 Å². The van der Waals surface area contributed by atoms with Gasteiger partial charge in [-0.15, -0.1) is 0 Å². The monoisotopic (exact) mass is 302 g/mol. The first-order valence-corrected chi connectivity index (χ1v) is 5.99. The Bertz CT molecular complexity index is 519. The van der Waals surface area contributed by atoms with E-state index in [1.54, 1.807) is 18.2 Å². The third-order valence-electron chi connectivity index (χ3n) is 2.47. The number of aliphatic carboxylic acids is 1. The molecule has 0 heterocycles. The Morgan fingerprint density at radius 1 is 1.45 bits per heavy atom. The molecule has 0 radical (unpaired) electrons. The van der Waals surface area contributed by atoms with E-state index in [1.165, 1.54) is 7.11 Å². The van der Waals surface area contributed by atoms with Crippen LogP contribution in [-0.4, -0.2) is 41.5 Å². The summed E-state index contributed by atoms with van der Waals surface area (Å²) in [6.07, 6.45) is 0. The van der Waals surface area contributed by atoms with Crippen LogP contribution in [0.5, 0.6) is 5.75 Å². The fraction of sp³-hybridized carbons (Fsp3) is 0.333. The lowest BCUT2D eigenvalue weighted by atomic mass is 10.1. The van der Waals surface area contributed by atoms with E-state index in [-0.39, 0.29) is 5.75 Å². The number of hydrogen-bond acceptors (Lipinski definition) is 4. The molecule has 8 heteroatoms. The number of nitrogens with one attached hydrogen (secondary N) is 2. The lowest BCUT2D eigenvalue weighted by Gasteiger charge is -2.19. The molecule has 1 rings (SSSR count). The number of halogens is 1. The minimum Gasteiger partial charge on any atom is -0.493 e. The second kappa shape index (κ2) is 6.44. The first-order valence-electron chi connectivity index (χ1n) is 5.61. The van der Waals surface area contributed by atoms with Crippen molar-refractivity contribution in [3.63, 3.8) is 0 Å². The van der Waals surface area contributed by atoms with Crippen LogP contribution >= 0.6 is 11.6 Å². The molecule has 4 N–H and O–H groups in total. The van der Waals surface area contributed by atoms with Gasteiger partial charge in [-0.3, -0.25) is 0 Å². The van der Waals surface area contributed by atoms with Crippen LogP contribution in [0.3, 0.4) is 0 Å². The standard InChI is InChI=1S/C12H15ClN2O5/c1-12(19,10(16)17)6-14-11(18)15-8-5-3-4-7(13)9(8)20-2/h3-5,19H,6H2,1-2H3,(H,16,17)(H2,14,15,18). The van der Waals surface area contributed by atoms with Crippen molar-refractivity contribution in [2.75, 3.05) is 19.0 Å². The number of methoxy groups -OCH3 is 1. The van der Waals surface area contributed by atoms with Gasteiger partial charge in [0.25, 0.3) is 0 Å². The molecule has 0 aliphatic rings. The Kier molecular flexibility index (Phi) is 5.18. The Morgan fingerprint density at radius 2 is 2.10 bits per heavy atom. The Hall–Kier alpha value is -1.99. The minimum absolute atomic E-state index is 0.286. The molecule has 0 aliphatic heterocycles. The summed E-state index contributed by atoms with van der Waals surface area (Å²) in [6.45, 7) is 0.632. The number of carboxylic acid groups (broad SMARTS) is 1. The summed E-state index contributed by atoms with van der Waals surface area (Å²) in [5.41, 5.74) is -1.72. The maximum atomic E-state index is 11.6. The van der Waals surface area contributed by atoms with Crippen LogP contribution in [0.1, 0.15) is 6.92 Å². The van der Waals surface area contributed by atoms with Gasteiger partial charge in [0.15, 0.2) is 11.4 Å². The number of rotatable bonds is 5. The SMILES string of the molecule is COc1c(Cl)cccc1NC(=O)NCC(C)(O)C(=O)O. The van der Waals surface area contributed by atoms with Gasteiger partial charge in [-0.05, 0) is 19.1 Å². The van der Waals surface area contributed by atoms with Gasteiger partial charge in [0.1, 0.15) is 0 Å². The molecule has 0 fully saturated rings. The second-order valence-corrected chi connectivity index (χ2v) is 4.61. The predicted octanol–water partition coefficient (Wildman–Crippen LogP) is 1.31. The minimum atomic E-state index is -2.05. The number of anilines is 1.